The Kier molecular flexibility index (Phi) is 8.95. The standard InChI is InChI=1S/C36H32N2O3S/c1-24-20-33(16-17-35(24)41-23-36(39)40)42-19-18-34(27-12-8-25(9-13-27)29-4-2-6-31(37)21-29)28-14-10-26(11-15-28)30-5-3-7-32(38)22-30/h2-18,20-22H,19,23,37-38H2,1H3,(H,39,40). The number of benzene rings is 5. The lowest BCUT2D eigenvalue weighted by molar-refractivity contribution is -0.139. The molecule has 0 spiro atoms. The van der Waals surface area contributed by atoms with Crippen molar-refractivity contribution in [1.29, 1.82) is 0 Å². The zero-order chi connectivity index (χ0) is 29.5. The van der Waals surface area contributed by atoms with Crippen LogP contribution in [0.1, 0.15) is 16.7 Å². The molecule has 0 fully saturated rings. The molecule has 0 aliphatic carbocycles. The molecular formula is C36H32N2O3S. The number of hydrogen-bond acceptors (Lipinski definition) is 5. The summed E-state index contributed by atoms with van der Waals surface area (Å²) >= 11 is 1.71. The van der Waals surface area contributed by atoms with E-state index < -0.39 is 5.97 Å². The molecule has 0 aliphatic heterocycles. The number of carboxylic acid groups (broad SMARTS) is 1. The summed E-state index contributed by atoms with van der Waals surface area (Å²) in [6.45, 7) is 1.57. The molecule has 0 aromatic heterocycles. The van der Waals surface area contributed by atoms with Gasteiger partial charge >= 0.3 is 5.97 Å². The van der Waals surface area contributed by atoms with Gasteiger partial charge in [-0.15, -0.1) is 11.8 Å². The van der Waals surface area contributed by atoms with Crippen LogP contribution in [0.3, 0.4) is 0 Å². The van der Waals surface area contributed by atoms with E-state index in [-0.39, 0.29) is 6.61 Å². The number of thioether (sulfide) groups is 1. The van der Waals surface area contributed by atoms with E-state index >= 15 is 0 Å². The Bertz CT molecular complexity index is 1640. The van der Waals surface area contributed by atoms with Gasteiger partial charge in [-0.2, -0.15) is 0 Å². The monoisotopic (exact) mass is 572 g/mol. The second-order valence-electron chi connectivity index (χ2n) is 9.94. The molecule has 5 aromatic rings. The topological polar surface area (TPSA) is 98.6 Å². The maximum atomic E-state index is 10.9. The average molecular weight is 573 g/mol. The van der Waals surface area contributed by atoms with Crippen molar-refractivity contribution in [2.24, 2.45) is 0 Å². The summed E-state index contributed by atoms with van der Waals surface area (Å²) in [6.07, 6.45) is 2.25. The Balaban J connectivity index is 1.41. The van der Waals surface area contributed by atoms with E-state index in [1.807, 2.05) is 61.5 Å². The summed E-state index contributed by atoms with van der Waals surface area (Å²) in [5, 5.41) is 8.90. The molecule has 0 saturated carbocycles. The summed E-state index contributed by atoms with van der Waals surface area (Å²) in [7, 11) is 0. The number of rotatable bonds is 10. The highest BCUT2D eigenvalue weighted by atomic mass is 32.2. The molecule has 0 saturated heterocycles. The molecule has 0 aliphatic rings. The summed E-state index contributed by atoms with van der Waals surface area (Å²) in [4.78, 5) is 11.9. The number of anilines is 2. The number of nitrogen functional groups attached to an aromatic ring is 2. The van der Waals surface area contributed by atoms with Crippen LogP contribution in [0.4, 0.5) is 11.4 Å². The van der Waals surface area contributed by atoms with Gasteiger partial charge in [0.15, 0.2) is 6.61 Å². The number of ether oxygens (including phenoxy) is 1. The lowest BCUT2D eigenvalue weighted by atomic mass is 9.94. The van der Waals surface area contributed by atoms with Crippen molar-refractivity contribution in [1.82, 2.24) is 0 Å². The normalized spacial score (nSPS) is 10.7. The largest absolute Gasteiger partial charge is 0.482 e. The zero-order valence-corrected chi connectivity index (χ0v) is 24.1. The molecule has 0 radical (unpaired) electrons. The predicted molar refractivity (Wildman–Crippen MR) is 175 cm³/mol. The SMILES string of the molecule is Cc1cc(SCC=C(c2ccc(-c3cccc(N)c3)cc2)c2ccc(-c3cccc(N)c3)cc2)ccc1OCC(=O)O. The maximum Gasteiger partial charge on any atom is 0.341 e. The maximum absolute atomic E-state index is 10.9. The minimum Gasteiger partial charge on any atom is -0.482 e. The molecule has 210 valence electrons. The summed E-state index contributed by atoms with van der Waals surface area (Å²) in [5.74, 6) is 0.337. The summed E-state index contributed by atoms with van der Waals surface area (Å²) in [6, 6.07) is 38.8. The minimum absolute atomic E-state index is 0.355. The highest BCUT2D eigenvalue weighted by Gasteiger charge is 2.09. The molecule has 5 nitrogen and oxygen atoms in total. The Hall–Kier alpha value is -4.94. The number of nitrogens with two attached hydrogens (primary N) is 2. The Labute approximate surface area is 250 Å². The molecule has 5 N–H and O–H groups in total. The van der Waals surface area contributed by atoms with Gasteiger partial charge in [0.05, 0.1) is 0 Å². The fourth-order valence-corrected chi connectivity index (χ4v) is 5.62. The molecule has 0 heterocycles. The molecular weight excluding hydrogens is 540 g/mol. The molecule has 0 bridgehead atoms. The first-order valence-corrected chi connectivity index (χ1v) is 14.6. The highest BCUT2D eigenvalue weighted by molar-refractivity contribution is 7.99. The van der Waals surface area contributed by atoms with Crippen LogP contribution in [0.5, 0.6) is 5.75 Å². The van der Waals surface area contributed by atoms with E-state index in [0.29, 0.717) is 5.75 Å². The fourth-order valence-electron chi connectivity index (χ4n) is 4.76. The lowest BCUT2D eigenvalue weighted by Gasteiger charge is -2.12. The van der Waals surface area contributed by atoms with Crippen LogP contribution in [0, 0.1) is 6.92 Å². The van der Waals surface area contributed by atoms with Crippen LogP contribution in [0.25, 0.3) is 27.8 Å². The van der Waals surface area contributed by atoms with Crippen LogP contribution in [-0.2, 0) is 4.79 Å². The smallest absolute Gasteiger partial charge is 0.341 e. The van der Waals surface area contributed by atoms with Crippen molar-refractivity contribution in [2.75, 3.05) is 23.8 Å². The van der Waals surface area contributed by atoms with Gasteiger partial charge in [-0.1, -0.05) is 78.9 Å². The number of carbonyl (C=O) groups is 1. The molecule has 0 unspecified atom stereocenters. The number of aliphatic carboxylic acids is 1. The first-order chi connectivity index (χ1) is 20.4. The van der Waals surface area contributed by atoms with Crippen LogP contribution in [-0.4, -0.2) is 23.4 Å². The number of aryl methyl sites for hydroxylation is 1. The van der Waals surface area contributed by atoms with Gasteiger partial charge in [-0.3, -0.25) is 0 Å². The minimum atomic E-state index is -0.993. The quantitative estimate of drug-likeness (QED) is 0.115. The van der Waals surface area contributed by atoms with E-state index in [1.165, 1.54) is 0 Å². The van der Waals surface area contributed by atoms with Gasteiger partial charge in [-0.05, 0) is 93.9 Å². The summed E-state index contributed by atoms with van der Waals surface area (Å²) in [5.41, 5.74) is 22.2. The molecule has 0 atom stereocenters. The van der Waals surface area contributed by atoms with Gasteiger partial charge in [0.1, 0.15) is 5.75 Å². The molecule has 5 aromatic carbocycles. The third kappa shape index (κ3) is 7.22. The Morgan fingerprint density at radius 3 is 1.76 bits per heavy atom. The van der Waals surface area contributed by atoms with Crippen LogP contribution in [0.15, 0.2) is 126 Å². The lowest BCUT2D eigenvalue weighted by Crippen LogP contribution is -2.09. The number of carboxylic acids is 1. The van der Waals surface area contributed by atoms with Crippen molar-refractivity contribution in [3.63, 3.8) is 0 Å². The molecule has 0 amide bonds. The van der Waals surface area contributed by atoms with Crippen molar-refractivity contribution in [3.05, 3.63) is 138 Å². The van der Waals surface area contributed by atoms with Crippen molar-refractivity contribution in [3.8, 4) is 28.0 Å². The third-order valence-electron chi connectivity index (χ3n) is 6.87. The van der Waals surface area contributed by atoms with Crippen LogP contribution in [0.2, 0.25) is 0 Å². The van der Waals surface area contributed by atoms with Crippen LogP contribution >= 0.6 is 11.8 Å². The highest BCUT2D eigenvalue weighted by Crippen LogP contribution is 2.32. The van der Waals surface area contributed by atoms with Crippen molar-refractivity contribution < 1.29 is 14.6 Å². The van der Waals surface area contributed by atoms with E-state index in [4.69, 9.17) is 21.3 Å². The van der Waals surface area contributed by atoms with E-state index in [2.05, 4.69) is 66.7 Å². The molecule has 5 rings (SSSR count). The predicted octanol–water partition coefficient (Wildman–Crippen LogP) is 8.18. The van der Waals surface area contributed by atoms with Gasteiger partial charge in [-0.25, -0.2) is 4.79 Å². The number of hydrogen-bond donors (Lipinski definition) is 3. The first-order valence-electron chi connectivity index (χ1n) is 13.6. The fraction of sp³-hybridized carbons (Fsp3) is 0.0833. The van der Waals surface area contributed by atoms with Crippen molar-refractivity contribution >= 4 is 34.7 Å². The van der Waals surface area contributed by atoms with E-state index in [1.54, 1.807) is 11.8 Å². The van der Waals surface area contributed by atoms with Crippen molar-refractivity contribution in [2.45, 2.75) is 11.8 Å². The second kappa shape index (κ2) is 13.1. The van der Waals surface area contributed by atoms with E-state index in [0.717, 1.165) is 66.5 Å². The Morgan fingerprint density at radius 2 is 1.29 bits per heavy atom. The second-order valence-corrected chi connectivity index (χ2v) is 11.0. The van der Waals surface area contributed by atoms with Gasteiger partial charge < -0.3 is 21.3 Å². The average Bonchev–Trinajstić information content (AvgIpc) is 2.99. The van der Waals surface area contributed by atoms with E-state index in [9.17, 15) is 4.79 Å². The van der Waals surface area contributed by atoms with Gasteiger partial charge in [0.2, 0.25) is 0 Å². The molecule has 42 heavy (non-hydrogen) atoms. The third-order valence-corrected chi connectivity index (χ3v) is 7.79. The molecule has 6 heteroatoms. The van der Waals surface area contributed by atoms with Crippen LogP contribution < -0.4 is 16.2 Å². The first kappa shape index (κ1) is 28.6. The zero-order valence-electron chi connectivity index (χ0n) is 23.3. The Morgan fingerprint density at radius 1 is 0.738 bits per heavy atom. The van der Waals surface area contributed by atoms with Gasteiger partial charge in [0, 0.05) is 22.0 Å². The van der Waals surface area contributed by atoms with Gasteiger partial charge in [0.25, 0.3) is 0 Å². The summed E-state index contributed by atoms with van der Waals surface area (Å²) < 4.78 is 5.37.